The van der Waals surface area contributed by atoms with Gasteiger partial charge in [-0.3, -0.25) is 5.10 Å². The predicted molar refractivity (Wildman–Crippen MR) is 97.6 cm³/mol. The highest BCUT2D eigenvalue weighted by atomic mass is 16.5. The molecule has 8 heteroatoms. The second kappa shape index (κ2) is 7.81. The number of anilines is 1. The molecule has 1 aromatic carbocycles. The Hall–Kier alpha value is -3.16. The minimum atomic E-state index is -0.235. The van der Waals surface area contributed by atoms with Crippen LogP contribution in [0, 0.1) is 0 Å². The molecule has 0 unspecified atom stereocenters. The van der Waals surface area contributed by atoms with Crippen LogP contribution in [0.15, 0.2) is 34.9 Å². The van der Waals surface area contributed by atoms with Gasteiger partial charge in [0.15, 0.2) is 11.6 Å². The maximum atomic E-state index is 12.4. The van der Waals surface area contributed by atoms with Gasteiger partial charge in [0.05, 0.1) is 12.2 Å². The van der Waals surface area contributed by atoms with Crippen molar-refractivity contribution in [2.24, 2.45) is 0 Å². The van der Waals surface area contributed by atoms with Crippen LogP contribution in [0.25, 0.3) is 11.4 Å². The van der Waals surface area contributed by atoms with Gasteiger partial charge in [-0.15, -0.1) is 0 Å². The molecule has 3 aromatic rings. The Morgan fingerprint density at radius 1 is 1.27 bits per heavy atom. The van der Waals surface area contributed by atoms with E-state index in [2.05, 4.69) is 25.7 Å². The molecule has 0 saturated carbocycles. The average Bonchev–Trinajstić information content (AvgIpc) is 3.31. The second-order valence-electron chi connectivity index (χ2n) is 5.96. The maximum Gasteiger partial charge on any atom is 0.321 e. The highest BCUT2D eigenvalue weighted by molar-refractivity contribution is 5.89. The minimum absolute atomic E-state index is 0.235. The summed E-state index contributed by atoms with van der Waals surface area (Å²) in [7, 11) is 1.70. The molecule has 0 aliphatic carbocycles. The van der Waals surface area contributed by atoms with E-state index in [4.69, 9.17) is 4.52 Å². The standard InChI is InChI=1S/C18H22N6O2/c1-4-13-10-15(26-23-13)11-24(3)18(25)19-14-8-6-7-12(9-14)17-20-16(5-2)21-22-17/h6-10H,4-5,11H2,1-3H3,(H,19,25)(H,20,21,22). The van der Waals surface area contributed by atoms with Crippen molar-refractivity contribution in [3.05, 3.63) is 47.6 Å². The predicted octanol–water partition coefficient (Wildman–Crippen LogP) is 3.25. The summed E-state index contributed by atoms with van der Waals surface area (Å²) >= 11 is 0. The Kier molecular flexibility index (Phi) is 5.31. The highest BCUT2D eigenvalue weighted by Crippen LogP contribution is 2.20. The van der Waals surface area contributed by atoms with Gasteiger partial charge in [-0.25, -0.2) is 9.78 Å². The summed E-state index contributed by atoms with van der Waals surface area (Å²) in [6, 6.07) is 9.06. The van der Waals surface area contributed by atoms with Gasteiger partial charge in [0.2, 0.25) is 0 Å². The van der Waals surface area contributed by atoms with E-state index in [9.17, 15) is 4.79 Å². The molecule has 0 spiro atoms. The minimum Gasteiger partial charge on any atom is -0.359 e. The first-order valence-corrected chi connectivity index (χ1v) is 8.57. The Morgan fingerprint density at radius 2 is 2.12 bits per heavy atom. The van der Waals surface area contributed by atoms with Crippen LogP contribution in [-0.4, -0.2) is 38.3 Å². The van der Waals surface area contributed by atoms with Gasteiger partial charge in [0.25, 0.3) is 0 Å². The van der Waals surface area contributed by atoms with E-state index in [1.165, 1.54) is 4.90 Å². The number of hydrogen-bond acceptors (Lipinski definition) is 5. The number of aryl methyl sites for hydroxylation is 2. The lowest BCUT2D eigenvalue weighted by Crippen LogP contribution is -2.30. The zero-order valence-electron chi connectivity index (χ0n) is 15.1. The van der Waals surface area contributed by atoms with Crippen LogP contribution in [0.1, 0.15) is 31.1 Å². The lowest BCUT2D eigenvalue weighted by Gasteiger charge is -2.16. The van der Waals surface area contributed by atoms with Crippen LogP contribution in [0.4, 0.5) is 10.5 Å². The number of aromatic nitrogens is 4. The van der Waals surface area contributed by atoms with Crippen LogP contribution in [0.5, 0.6) is 0 Å². The summed E-state index contributed by atoms with van der Waals surface area (Å²) in [4.78, 5) is 18.4. The fourth-order valence-corrected chi connectivity index (χ4v) is 2.44. The molecule has 0 aliphatic heterocycles. The number of benzene rings is 1. The van der Waals surface area contributed by atoms with Crippen molar-refractivity contribution < 1.29 is 9.32 Å². The van der Waals surface area contributed by atoms with Crippen molar-refractivity contribution in [1.82, 2.24) is 25.2 Å². The van der Waals surface area contributed by atoms with Gasteiger partial charge < -0.3 is 14.7 Å². The highest BCUT2D eigenvalue weighted by Gasteiger charge is 2.13. The monoisotopic (exact) mass is 354 g/mol. The van der Waals surface area contributed by atoms with Crippen LogP contribution in [0.2, 0.25) is 0 Å². The number of hydrogen-bond donors (Lipinski definition) is 2. The Labute approximate surface area is 151 Å². The summed E-state index contributed by atoms with van der Waals surface area (Å²) in [5, 5.41) is 13.9. The van der Waals surface area contributed by atoms with E-state index in [-0.39, 0.29) is 6.03 Å². The Balaban J connectivity index is 1.65. The molecular weight excluding hydrogens is 332 g/mol. The molecule has 2 aromatic heterocycles. The molecule has 2 amide bonds. The average molecular weight is 354 g/mol. The zero-order valence-corrected chi connectivity index (χ0v) is 15.1. The molecule has 0 fully saturated rings. The Bertz CT molecular complexity index is 885. The number of nitrogens with one attached hydrogen (secondary N) is 2. The molecular formula is C18H22N6O2. The maximum absolute atomic E-state index is 12.4. The van der Waals surface area contributed by atoms with Crippen molar-refractivity contribution in [3.63, 3.8) is 0 Å². The summed E-state index contributed by atoms with van der Waals surface area (Å²) < 4.78 is 5.22. The molecule has 2 heterocycles. The van der Waals surface area contributed by atoms with Gasteiger partial charge >= 0.3 is 6.03 Å². The number of amides is 2. The van der Waals surface area contributed by atoms with E-state index in [0.29, 0.717) is 23.8 Å². The summed E-state index contributed by atoms with van der Waals surface area (Å²) in [6.07, 6.45) is 1.59. The molecule has 0 aliphatic rings. The van der Waals surface area contributed by atoms with Crippen molar-refractivity contribution in [3.8, 4) is 11.4 Å². The van der Waals surface area contributed by atoms with Crippen LogP contribution in [0.3, 0.4) is 0 Å². The van der Waals surface area contributed by atoms with Gasteiger partial charge in [-0.05, 0) is 18.6 Å². The lowest BCUT2D eigenvalue weighted by molar-refractivity contribution is 0.214. The third kappa shape index (κ3) is 4.08. The molecule has 26 heavy (non-hydrogen) atoms. The van der Waals surface area contributed by atoms with Gasteiger partial charge in [0, 0.05) is 30.8 Å². The number of rotatable bonds is 6. The van der Waals surface area contributed by atoms with Crippen LogP contribution in [-0.2, 0) is 19.4 Å². The van der Waals surface area contributed by atoms with Crippen molar-refractivity contribution in [1.29, 1.82) is 0 Å². The SMILES string of the molecule is CCc1cc(CN(C)C(=O)Nc2cccc(-c3n[nH]c(CC)n3)c2)on1. The van der Waals surface area contributed by atoms with Crippen molar-refractivity contribution >= 4 is 11.7 Å². The molecule has 0 radical (unpaired) electrons. The molecule has 2 N–H and O–H groups in total. The van der Waals surface area contributed by atoms with E-state index in [1.54, 1.807) is 7.05 Å². The van der Waals surface area contributed by atoms with E-state index >= 15 is 0 Å². The largest absolute Gasteiger partial charge is 0.359 e. The Morgan fingerprint density at radius 3 is 2.81 bits per heavy atom. The second-order valence-corrected chi connectivity index (χ2v) is 5.96. The first-order valence-electron chi connectivity index (χ1n) is 8.57. The van der Waals surface area contributed by atoms with E-state index in [0.717, 1.165) is 29.9 Å². The number of urea groups is 1. The number of aromatic amines is 1. The molecule has 0 bridgehead atoms. The molecule has 0 saturated heterocycles. The summed E-state index contributed by atoms with van der Waals surface area (Å²) in [5.41, 5.74) is 2.39. The smallest absolute Gasteiger partial charge is 0.321 e. The lowest BCUT2D eigenvalue weighted by atomic mass is 10.2. The topological polar surface area (TPSA) is 99.9 Å². The first-order chi connectivity index (χ1) is 12.6. The fourth-order valence-electron chi connectivity index (χ4n) is 2.44. The van der Waals surface area contributed by atoms with Crippen LogP contribution >= 0.6 is 0 Å². The molecule has 8 nitrogen and oxygen atoms in total. The van der Waals surface area contributed by atoms with E-state index < -0.39 is 0 Å². The van der Waals surface area contributed by atoms with E-state index in [1.807, 2.05) is 44.2 Å². The molecule has 3 rings (SSSR count). The molecule has 0 atom stereocenters. The quantitative estimate of drug-likeness (QED) is 0.708. The number of nitrogens with zero attached hydrogens (tertiary/aromatic N) is 4. The number of carbonyl (C=O) groups is 1. The number of H-pyrrole nitrogens is 1. The fraction of sp³-hybridized carbons (Fsp3) is 0.333. The normalized spacial score (nSPS) is 10.7. The first kappa shape index (κ1) is 17.7. The third-order valence-electron chi connectivity index (χ3n) is 3.95. The van der Waals surface area contributed by atoms with Crippen molar-refractivity contribution in [2.45, 2.75) is 33.2 Å². The number of carbonyl (C=O) groups excluding carboxylic acids is 1. The summed E-state index contributed by atoms with van der Waals surface area (Å²) in [5.74, 6) is 2.09. The van der Waals surface area contributed by atoms with Gasteiger partial charge in [-0.1, -0.05) is 31.1 Å². The molecule has 136 valence electrons. The van der Waals surface area contributed by atoms with Crippen molar-refractivity contribution in [2.75, 3.05) is 12.4 Å². The van der Waals surface area contributed by atoms with Crippen LogP contribution < -0.4 is 5.32 Å². The van der Waals surface area contributed by atoms with Gasteiger partial charge in [0.1, 0.15) is 5.82 Å². The summed E-state index contributed by atoms with van der Waals surface area (Å²) in [6.45, 7) is 4.36. The zero-order chi connectivity index (χ0) is 18.5. The van der Waals surface area contributed by atoms with Gasteiger partial charge in [-0.2, -0.15) is 5.10 Å². The third-order valence-corrected chi connectivity index (χ3v) is 3.95.